The monoisotopic (exact) mass is 346 g/mol. The number of aromatic nitrogens is 4. The van der Waals surface area contributed by atoms with Crippen molar-refractivity contribution in [3.05, 3.63) is 48.6 Å². The van der Waals surface area contributed by atoms with Crippen molar-refractivity contribution in [3.63, 3.8) is 0 Å². The van der Waals surface area contributed by atoms with Crippen molar-refractivity contribution in [1.29, 1.82) is 0 Å². The van der Waals surface area contributed by atoms with Gasteiger partial charge in [-0.15, -0.1) is 0 Å². The molecule has 0 bridgehead atoms. The molecule has 0 amide bonds. The van der Waals surface area contributed by atoms with Crippen LogP contribution in [0.1, 0.15) is 50.4 Å². The molecule has 3 aromatic rings. The highest BCUT2D eigenvalue weighted by atomic mass is 16.5. The van der Waals surface area contributed by atoms with E-state index < -0.39 is 0 Å². The van der Waals surface area contributed by atoms with Crippen molar-refractivity contribution in [1.82, 2.24) is 19.7 Å². The number of nitrogens with zero attached hydrogens (tertiary/aromatic N) is 4. The van der Waals surface area contributed by atoms with E-state index in [0.29, 0.717) is 0 Å². The van der Waals surface area contributed by atoms with E-state index in [0.717, 1.165) is 54.8 Å². The van der Waals surface area contributed by atoms with Crippen LogP contribution in [0.4, 0.5) is 0 Å². The Morgan fingerprint density at radius 3 is 2.92 bits per heavy atom. The van der Waals surface area contributed by atoms with Gasteiger partial charge in [-0.3, -0.25) is 9.97 Å². The Kier molecular flexibility index (Phi) is 4.02. The van der Waals surface area contributed by atoms with E-state index in [9.17, 15) is 0 Å². The maximum Gasteiger partial charge on any atom is 0.150 e. The number of fused-ring (bicyclic) bond motifs is 1. The highest BCUT2D eigenvalue weighted by molar-refractivity contribution is 5.92. The smallest absolute Gasteiger partial charge is 0.150 e. The van der Waals surface area contributed by atoms with Crippen molar-refractivity contribution in [2.45, 2.75) is 44.8 Å². The summed E-state index contributed by atoms with van der Waals surface area (Å²) in [6.45, 7) is 0.811. The van der Waals surface area contributed by atoms with E-state index in [1.807, 2.05) is 24.5 Å². The zero-order chi connectivity index (χ0) is 17.3. The van der Waals surface area contributed by atoms with Crippen LogP contribution in [0.3, 0.4) is 0 Å². The molecule has 0 saturated carbocycles. The van der Waals surface area contributed by atoms with Gasteiger partial charge < -0.3 is 4.74 Å². The first-order valence-electron chi connectivity index (χ1n) is 9.50. The summed E-state index contributed by atoms with van der Waals surface area (Å²) in [6.07, 6.45) is 14.7. The van der Waals surface area contributed by atoms with Crippen LogP contribution >= 0.6 is 0 Å². The van der Waals surface area contributed by atoms with Crippen LogP contribution in [0.2, 0.25) is 0 Å². The van der Waals surface area contributed by atoms with Crippen LogP contribution in [0.15, 0.2) is 42.9 Å². The fourth-order valence-corrected chi connectivity index (χ4v) is 3.97. The van der Waals surface area contributed by atoms with E-state index >= 15 is 0 Å². The lowest BCUT2D eigenvalue weighted by molar-refractivity contribution is -0.0367. The third-order valence-electron chi connectivity index (χ3n) is 5.32. The Balaban J connectivity index is 1.67. The topological polar surface area (TPSA) is 52.8 Å². The number of hydrogen-bond acceptors (Lipinski definition) is 4. The van der Waals surface area contributed by atoms with E-state index in [-0.39, 0.29) is 6.23 Å². The fourth-order valence-electron chi connectivity index (χ4n) is 3.97. The van der Waals surface area contributed by atoms with Crippen LogP contribution in [-0.2, 0) is 4.74 Å². The van der Waals surface area contributed by atoms with Crippen LogP contribution in [-0.4, -0.2) is 26.4 Å². The highest BCUT2D eigenvalue weighted by Gasteiger charge is 2.23. The van der Waals surface area contributed by atoms with Crippen LogP contribution in [0, 0.1) is 0 Å². The molecule has 5 rings (SSSR count). The quantitative estimate of drug-likeness (QED) is 0.686. The summed E-state index contributed by atoms with van der Waals surface area (Å²) in [6, 6.07) is 6.15. The van der Waals surface area contributed by atoms with Gasteiger partial charge in [-0.1, -0.05) is 6.08 Å². The number of hydrogen-bond donors (Lipinski definition) is 0. The summed E-state index contributed by atoms with van der Waals surface area (Å²) in [4.78, 5) is 8.92. The fraction of sp³-hybridized carbons (Fsp3) is 0.381. The van der Waals surface area contributed by atoms with Gasteiger partial charge in [0, 0.05) is 30.0 Å². The molecule has 5 nitrogen and oxygen atoms in total. The minimum atomic E-state index is 0.0213. The SMILES string of the molecule is C1=C(c2nn(C3CCCCO3)c3cnc(-c4cccnc4)cc23)CCC1. The lowest BCUT2D eigenvalue weighted by Gasteiger charge is -2.23. The molecule has 0 radical (unpaired) electrons. The average Bonchev–Trinajstić information content (AvgIpc) is 3.36. The Bertz CT molecular complexity index is 955. The number of pyridine rings is 2. The first-order valence-corrected chi connectivity index (χ1v) is 9.50. The summed E-state index contributed by atoms with van der Waals surface area (Å²) in [5, 5.41) is 6.17. The molecule has 1 unspecified atom stereocenters. The predicted octanol–water partition coefficient (Wildman–Crippen LogP) is 4.76. The maximum atomic E-state index is 6.01. The van der Waals surface area contributed by atoms with E-state index in [1.165, 1.54) is 23.8 Å². The molecule has 1 saturated heterocycles. The van der Waals surface area contributed by atoms with Crippen molar-refractivity contribution in [2.24, 2.45) is 0 Å². The van der Waals surface area contributed by atoms with E-state index in [4.69, 9.17) is 14.8 Å². The molecule has 1 fully saturated rings. The average molecular weight is 346 g/mol. The van der Waals surface area contributed by atoms with Gasteiger partial charge in [0.15, 0.2) is 6.23 Å². The predicted molar refractivity (Wildman–Crippen MR) is 101 cm³/mol. The van der Waals surface area contributed by atoms with Crippen molar-refractivity contribution < 1.29 is 4.74 Å². The second-order valence-electron chi connectivity index (χ2n) is 7.06. The van der Waals surface area contributed by atoms with Crippen LogP contribution < -0.4 is 0 Å². The van der Waals surface area contributed by atoms with Gasteiger partial charge in [-0.05, 0) is 62.3 Å². The number of ether oxygens (including phenoxy) is 1. The number of rotatable bonds is 3. The zero-order valence-corrected chi connectivity index (χ0v) is 14.8. The summed E-state index contributed by atoms with van der Waals surface area (Å²) in [7, 11) is 0. The third-order valence-corrected chi connectivity index (χ3v) is 5.32. The second-order valence-corrected chi connectivity index (χ2v) is 7.06. The molecule has 1 aliphatic carbocycles. The molecule has 5 heteroatoms. The molecule has 1 aliphatic heterocycles. The Morgan fingerprint density at radius 1 is 1.15 bits per heavy atom. The summed E-state index contributed by atoms with van der Waals surface area (Å²) in [5.41, 5.74) is 5.48. The first kappa shape index (κ1) is 15.7. The summed E-state index contributed by atoms with van der Waals surface area (Å²) >= 11 is 0. The molecule has 26 heavy (non-hydrogen) atoms. The molecule has 0 spiro atoms. The highest BCUT2D eigenvalue weighted by Crippen LogP contribution is 2.35. The first-order chi connectivity index (χ1) is 12.9. The third kappa shape index (κ3) is 2.72. The molecule has 0 aromatic carbocycles. The largest absolute Gasteiger partial charge is 0.356 e. The van der Waals surface area contributed by atoms with E-state index in [2.05, 4.69) is 21.8 Å². The standard InChI is InChI=1S/C21H22N4O/c1-2-7-15(6-1)21-17-12-18(16-8-5-10-22-13-16)23-14-19(17)25(24-21)20-9-3-4-11-26-20/h5-6,8,10,12-14,20H,1-4,7,9,11H2. The van der Waals surface area contributed by atoms with Gasteiger partial charge in [0.05, 0.1) is 23.1 Å². The van der Waals surface area contributed by atoms with Crippen molar-refractivity contribution in [3.8, 4) is 11.3 Å². The van der Waals surface area contributed by atoms with Crippen molar-refractivity contribution in [2.75, 3.05) is 6.61 Å². The molecule has 1 atom stereocenters. The molecule has 0 N–H and O–H groups in total. The maximum absolute atomic E-state index is 6.01. The zero-order valence-electron chi connectivity index (χ0n) is 14.8. The molecule has 4 heterocycles. The lowest BCUT2D eigenvalue weighted by Crippen LogP contribution is -2.19. The Hall–Kier alpha value is -2.53. The van der Waals surface area contributed by atoms with E-state index in [1.54, 1.807) is 6.20 Å². The summed E-state index contributed by atoms with van der Waals surface area (Å²) in [5.74, 6) is 0. The Morgan fingerprint density at radius 2 is 2.15 bits per heavy atom. The molecule has 3 aromatic heterocycles. The van der Waals surface area contributed by atoms with Gasteiger partial charge in [0.25, 0.3) is 0 Å². The minimum absolute atomic E-state index is 0.0213. The Labute approximate surface area is 152 Å². The van der Waals surface area contributed by atoms with Gasteiger partial charge in [-0.2, -0.15) is 5.10 Å². The number of allylic oxidation sites excluding steroid dienone is 2. The van der Waals surface area contributed by atoms with Crippen molar-refractivity contribution >= 4 is 16.5 Å². The minimum Gasteiger partial charge on any atom is -0.356 e. The molecular weight excluding hydrogens is 324 g/mol. The second kappa shape index (κ2) is 6.65. The van der Waals surface area contributed by atoms with Gasteiger partial charge in [-0.25, -0.2) is 4.68 Å². The van der Waals surface area contributed by atoms with Gasteiger partial charge in [0.2, 0.25) is 0 Å². The molecule has 132 valence electrons. The van der Waals surface area contributed by atoms with Gasteiger partial charge >= 0.3 is 0 Å². The summed E-state index contributed by atoms with van der Waals surface area (Å²) < 4.78 is 8.06. The van der Waals surface area contributed by atoms with Crippen LogP contribution in [0.5, 0.6) is 0 Å². The molecule has 2 aliphatic rings. The lowest BCUT2D eigenvalue weighted by atomic mass is 10.1. The van der Waals surface area contributed by atoms with Crippen LogP contribution in [0.25, 0.3) is 27.7 Å². The normalized spacial score (nSPS) is 20.5. The molecular formula is C21H22N4O. The van der Waals surface area contributed by atoms with Gasteiger partial charge in [0.1, 0.15) is 0 Å².